The number of hydrogen-bond donors (Lipinski definition) is 0. The molecular formula is C17H21F3N4O2. The Bertz CT molecular complexity index is 763. The number of nitrogens with zero attached hydrogens (tertiary/aromatic N) is 4. The van der Waals surface area contributed by atoms with Gasteiger partial charge >= 0.3 is 6.36 Å². The molecule has 0 aliphatic carbocycles. The Labute approximate surface area is 149 Å². The number of aryl methyl sites for hydroxylation is 2. The minimum absolute atomic E-state index is 0.136. The van der Waals surface area contributed by atoms with Crippen molar-refractivity contribution in [3.63, 3.8) is 0 Å². The van der Waals surface area contributed by atoms with Crippen LogP contribution in [0.4, 0.5) is 24.8 Å². The Balaban J connectivity index is 1.70. The molecule has 0 saturated carbocycles. The predicted octanol–water partition coefficient (Wildman–Crippen LogP) is 3.55. The van der Waals surface area contributed by atoms with Gasteiger partial charge in [-0.2, -0.15) is 4.98 Å². The Morgan fingerprint density at radius 2 is 2.08 bits per heavy atom. The standard InChI is InChI=1S/C17H21F3N4O2/c1-4-15-21-16(22-26-15)24-8-7-23(10-12(24)3)14-6-5-13(9-11(14)2)25-17(18,19)20/h5-6,9,12H,4,7-8,10H2,1-3H3/t12-/m0/s1. The highest BCUT2D eigenvalue weighted by molar-refractivity contribution is 5.57. The number of anilines is 2. The fraction of sp³-hybridized carbons (Fsp3) is 0.529. The zero-order chi connectivity index (χ0) is 18.9. The van der Waals surface area contributed by atoms with Crippen molar-refractivity contribution < 1.29 is 22.4 Å². The van der Waals surface area contributed by atoms with Crippen molar-refractivity contribution in [2.45, 2.75) is 39.6 Å². The summed E-state index contributed by atoms with van der Waals surface area (Å²) in [6, 6.07) is 4.56. The second kappa shape index (κ2) is 7.05. The largest absolute Gasteiger partial charge is 0.573 e. The number of hydrogen-bond acceptors (Lipinski definition) is 6. The van der Waals surface area contributed by atoms with E-state index in [0.29, 0.717) is 37.9 Å². The molecular weight excluding hydrogens is 349 g/mol. The molecule has 6 nitrogen and oxygen atoms in total. The van der Waals surface area contributed by atoms with Gasteiger partial charge in [-0.3, -0.25) is 0 Å². The molecule has 1 aromatic carbocycles. The number of halogens is 3. The normalized spacial score (nSPS) is 18.3. The van der Waals surface area contributed by atoms with Crippen LogP contribution >= 0.6 is 0 Å². The van der Waals surface area contributed by atoms with Crippen LogP contribution in [0.15, 0.2) is 22.7 Å². The number of aromatic nitrogens is 2. The average molecular weight is 370 g/mol. The lowest BCUT2D eigenvalue weighted by Gasteiger charge is -2.40. The van der Waals surface area contributed by atoms with Crippen LogP contribution in [0.5, 0.6) is 5.75 Å². The van der Waals surface area contributed by atoms with Crippen molar-refractivity contribution in [1.29, 1.82) is 0 Å². The summed E-state index contributed by atoms with van der Waals surface area (Å²) in [7, 11) is 0. The predicted molar refractivity (Wildman–Crippen MR) is 90.6 cm³/mol. The third-order valence-electron chi connectivity index (χ3n) is 4.39. The van der Waals surface area contributed by atoms with Gasteiger partial charge in [0.15, 0.2) is 0 Å². The minimum atomic E-state index is -4.68. The molecule has 1 aliphatic rings. The van der Waals surface area contributed by atoms with Gasteiger partial charge in [0.2, 0.25) is 5.89 Å². The molecule has 1 fully saturated rings. The van der Waals surface area contributed by atoms with E-state index in [1.165, 1.54) is 12.1 Å². The quantitative estimate of drug-likeness (QED) is 0.820. The maximum Gasteiger partial charge on any atom is 0.573 e. The van der Waals surface area contributed by atoms with Gasteiger partial charge in [0, 0.05) is 37.8 Å². The molecule has 1 aromatic heterocycles. The maximum atomic E-state index is 12.4. The van der Waals surface area contributed by atoms with E-state index >= 15 is 0 Å². The van der Waals surface area contributed by atoms with E-state index in [2.05, 4.69) is 31.6 Å². The van der Waals surface area contributed by atoms with Crippen LogP contribution in [-0.4, -0.2) is 42.2 Å². The summed E-state index contributed by atoms with van der Waals surface area (Å²) in [4.78, 5) is 8.60. The van der Waals surface area contributed by atoms with Gasteiger partial charge in [-0.05, 0) is 42.8 Å². The van der Waals surface area contributed by atoms with Crippen LogP contribution < -0.4 is 14.5 Å². The van der Waals surface area contributed by atoms with Crippen LogP contribution in [0.1, 0.15) is 25.3 Å². The Kier molecular flexibility index (Phi) is 4.97. The summed E-state index contributed by atoms with van der Waals surface area (Å²) in [5.74, 6) is 0.981. The first-order valence-corrected chi connectivity index (χ1v) is 8.47. The monoisotopic (exact) mass is 370 g/mol. The van der Waals surface area contributed by atoms with Crippen molar-refractivity contribution in [1.82, 2.24) is 10.1 Å². The zero-order valence-corrected chi connectivity index (χ0v) is 14.9. The number of benzene rings is 1. The first-order chi connectivity index (χ1) is 12.3. The summed E-state index contributed by atoms with van der Waals surface area (Å²) in [5, 5.41) is 4.02. The van der Waals surface area contributed by atoms with Gasteiger partial charge in [0.05, 0.1) is 0 Å². The third kappa shape index (κ3) is 4.03. The van der Waals surface area contributed by atoms with Crippen LogP contribution in [0.3, 0.4) is 0 Å². The molecule has 0 unspecified atom stereocenters. The molecule has 0 N–H and O–H groups in total. The molecule has 2 aromatic rings. The van der Waals surface area contributed by atoms with Crippen molar-refractivity contribution in [2.24, 2.45) is 0 Å². The zero-order valence-electron chi connectivity index (χ0n) is 14.9. The molecule has 142 valence electrons. The molecule has 0 spiro atoms. The van der Waals surface area contributed by atoms with Crippen LogP contribution in [0.25, 0.3) is 0 Å². The van der Waals surface area contributed by atoms with E-state index in [-0.39, 0.29) is 11.8 Å². The highest BCUT2D eigenvalue weighted by Crippen LogP contribution is 2.30. The first kappa shape index (κ1) is 18.3. The van der Waals surface area contributed by atoms with Gasteiger partial charge in [0.25, 0.3) is 5.95 Å². The van der Waals surface area contributed by atoms with Gasteiger partial charge in [-0.25, -0.2) is 0 Å². The molecule has 1 saturated heterocycles. The maximum absolute atomic E-state index is 12.4. The highest BCUT2D eigenvalue weighted by Gasteiger charge is 2.32. The van der Waals surface area contributed by atoms with Crippen molar-refractivity contribution in [3.8, 4) is 5.75 Å². The molecule has 2 heterocycles. The molecule has 26 heavy (non-hydrogen) atoms. The lowest BCUT2D eigenvalue weighted by atomic mass is 10.1. The molecule has 0 bridgehead atoms. The van der Waals surface area contributed by atoms with Gasteiger partial charge in [-0.15, -0.1) is 13.2 Å². The lowest BCUT2D eigenvalue weighted by molar-refractivity contribution is -0.274. The summed E-state index contributed by atoms with van der Waals surface area (Å²) in [6.07, 6.45) is -4.00. The summed E-state index contributed by atoms with van der Waals surface area (Å²) < 4.78 is 46.2. The fourth-order valence-electron chi connectivity index (χ4n) is 3.16. The first-order valence-electron chi connectivity index (χ1n) is 8.47. The van der Waals surface area contributed by atoms with E-state index in [0.717, 1.165) is 11.3 Å². The molecule has 3 rings (SSSR count). The lowest BCUT2D eigenvalue weighted by Crippen LogP contribution is -2.52. The Morgan fingerprint density at radius 3 is 2.65 bits per heavy atom. The summed E-state index contributed by atoms with van der Waals surface area (Å²) >= 11 is 0. The van der Waals surface area contributed by atoms with E-state index in [9.17, 15) is 13.2 Å². The highest BCUT2D eigenvalue weighted by atomic mass is 19.4. The van der Waals surface area contributed by atoms with Crippen molar-refractivity contribution >= 4 is 11.6 Å². The minimum Gasteiger partial charge on any atom is -0.406 e. The SMILES string of the molecule is CCc1nc(N2CCN(c3ccc(OC(F)(F)F)cc3C)C[C@@H]2C)no1. The average Bonchev–Trinajstić information content (AvgIpc) is 3.02. The molecule has 0 amide bonds. The van der Waals surface area contributed by atoms with E-state index in [4.69, 9.17) is 4.52 Å². The van der Waals surface area contributed by atoms with Gasteiger partial charge in [-0.1, -0.05) is 6.92 Å². The number of alkyl halides is 3. The van der Waals surface area contributed by atoms with E-state index in [1.807, 2.05) is 6.92 Å². The fourth-order valence-corrected chi connectivity index (χ4v) is 3.16. The van der Waals surface area contributed by atoms with Gasteiger partial charge in [0.1, 0.15) is 5.75 Å². The van der Waals surface area contributed by atoms with Crippen LogP contribution in [0.2, 0.25) is 0 Å². The Hall–Kier alpha value is -2.45. The van der Waals surface area contributed by atoms with Crippen molar-refractivity contribution in [2.75, 3.05) is 29.4 Å². The molecule has 9 heteroatoms. The van der Waals surface area contributed by atoms with E-state index in [1.54, 1.807) is 13.0 Å². The number of rotatable bonds is 4. The van der Waals surface area contributed by atoms with Crippen molar-refractivity contribution in [3.05, 3.63) is 29.7 Å². The molecule has 1 atom stereocenters. The van der Waals surface area contributed by atoms with Crippen LogP contribution in [0, 0.1) is 6.92 Å². The van der Waals surface area contributed by atoms with Gasteiger partial charge < -0.3 is 19.1 Å². The van der Waals surface area contributed by atoms with E-state index < -0.39 is 6.36 Å². The third-order valence-corrected chi connectivity index (χ3v) is 4.39. The Morgan fingerprint density at radius 1 is 1.31 bits per heavy atom. The second-order valence-electron chi connectivity index (χ2n) is 6.33. The molecule has 0 radical (unpaired) electrons. The summed E-state index contributed by atoms with van der Waals surface area (Å²) in [6.45, 7) is 7.90. The number of piperazine rings is 1. The van der Waals surface area contributed by atoms with Crippen LogP contribution in [-0.2, 0) is 6.42 Å². The second-order valence-corrected chi connectivity index (χ2v) is 6.33. The molecule has 1 aliphatic heterocycles. The topological polar surface area (TPSA) is 54.6 Å². The number of ether oxygens (including phenoxy) is 1. The smallest absolute Gasteiger partial charge is 0.406 e. The summed E-state index contributed by atoms with van der Waals surface area (Å²) in [5.41, 5.74) is 1.63.